The quantitative estimate of drug-likeness (QED) is 0.801. The summed E-state index contributed by atoms with van der Waals surface area (Å²) in [6, 6.07) is 17.8. The fraction of sp³-hybridized carbons (Fsp3) is 0.333. The summed E-state index contributed by atoms with van der Waals surface area (Å²) in [7, 11) is 1.38. The second-order valence-corrected chi connectivity index (χ2v) is 6.87. The van der Waals surface area contributed by atoms with E-state index in [1.165, 1.54) is 12.7 Å². The van der Waals surface area contributed by atoms with Crippen molar-refractivity contribution in [1.82, 2.24) is 0 Å². The van der Waals surface area contributed by atoms with Crippen molar-refractivity contribution in [2.24, 2.45) is 5.41 Å². The van der Waals surface area contributed by atoms with Gasteiger partial charge in [-0.15, -0.1) is 0 Å². The first-order chi connectivity index (χ1) is 12.2. The number of rotatable bonds is 3. The molecule has 1 aliphatic heterocycles. The minimum atomic E-state index is -0.335. The monoisotopic (exact) mass is 335 g/mol. The number of anilines is 1. The van der Waals surface area contributed by atoms with Crippen LogP contribution in [0.4, 0.5) is 5.69 Å². The third kappa shape index (κ3) is 2.62. The Hall–Kier alpha value is -2.62. The summed E-state index contributed by atoms with van der Waals surface area (Å²) < 4.78 is 4.77. The summed E-state index contributed by atoms with van der Waals surface area (Å²) in [5.74, 6) is 0.0578. The lowest BCUT2D eigenvalue weighted by Gasteiger charge is -2.43. The third-order valence-electron chi connectivity index (χ3n) is 5.49. The van der Waals surface area contributed by atoms with Crippen LogP contribution < -0.4 is 4.90 Å². The Morgan fingerprint density at radius 3 is 2.36 bits per heavy atom. The number of hydrogen-bond acceptors (Lipinski definition) is 4. The predicted octanol–water partition coefficient (Wildman–Crippen LogP) is 3.77. The molecule has 1 saturated heterocycles. The van der Waals surface area contributed by atoms with Crippen molar-refractivity contribution < 1.29 is 14.3 Å². The van der Waals surface area contributed by atoms with Gasteiger partial charge in [0.05, 0.1) is 24.1 Å². The number of methoxy groups -OCH3 is 1. The number of ether oxygens (including phenoxy) is 1. The number of nitrogens with zero attached hydrogens (tertiary/aromatic N) is 1. The van der Waals surface area contributed by atoms with Gasteiger partial charge in [0, 0.05) is 18.7 Å². The number of esters is 1. The molecule has 4 rings (SSSR count). The Labute approximate surface area is 147 Å². The zero-order valence-electron chi connectivity index (χ0n) is 14.3. The summed E-state index contributed by atoms with van der Waals surface area (Å²) in [5.41, 5.74) is 2.53. The van der Waals surface area contributed by atoms with Crippen LogP contribution in [0.2, 0.25) is 0 Å². The summed E-state index contributed by atoms with van der Waals surface area (Å²) >= 11 is 0. The number of ketones is 1. The maximum Gasteiger partial charge on any atom is 0.337 e. The molecule has 4 heteroatoms. The second kappa shape index (κ2) is 6.03. The number of carbonyl (C=O) groups is 2. The molecule has 0 radical (unpaired) electrons. The van der Waals surface area contributed by atoms with Crippen molar-refractivity contribution in [1.29, 1.82) is 0 Å². The molecule has 2 aliphatic rings. The van der Waals surface area contributed by atoms with Gasteiger partial charge in [-0.3, -0.25) is 4.79 Å². The molecule has 1 spiro atoms. The topological polar surface area (TPSA) is 46.6 Å². The van der Waals surface area contributed by atoms with Crippen LogP contribution in [0, 0.1) is 5.41 Å². The third-order valence-corrected chi connectivity index (χ3v) is 5.49. The highest BCUT2D eigenvalue weighted by Gasteiger charge is 2.59. The first kappa shape index (κ1) is 15.9. The van der Waals surface area contributed by atoms with Crippen LogP contribution in [0.15, 0.2) is 54.6 Å². The van der Waals surface area contributed by atoms with E-state index in [1.807, 2.05) is 30.3 Å². The molecule has 1 unspecified atom stereocenters. The van der Waals surface area contributed by atoms with Gasteiger partial charge in [0.25, 0.3) is 0 Å². The molecule has 128 valence electrons. The highest BCUT2D eigenvalue weighted by atomic mass is 16.5. The fourth-order valence-electron chi connectivity index (χ4n) is 4.06. The van der Waals surface area contributed by atoms with E-state index < -0.39 is 0 Å². The van der Waals surface area contributed by atoms with Crippen LogP contribution >= 0.6 is 0 Å². The average Bonchev–Trinajstić information content (AvgIpc) is 3.45. The van der Waals surface area contributed by atoms with Gasteiger partial charge in [0.15, 0.2) is 0 Å². The Kier molecular flexibility index (Phi) is 3.83. The van der Waals surface area contributed by atoms with Crippen molar-refractivity contribution in [3.8, 4) is 0 Å². The number of carbonyl (C=O) groups excluding carboxylic acids is 2. The molecule has 0 N–H and O–H groups in total. The van der Waals surface area contributed by atoms with Crippen LogP contribution in [0.3, 0.4) is 0 Å². The Bertz CT molecular complexity index is 794. The Morgan fingerprint density at radius 1 is 1.08 bits per heavy atom. The molecule has 1 heterocycles. The van der Waals surface area contributed by atoms with E-state index in [9.17, 15) is 9.59 Å². The molecule has 1 atom stereocenters. The zero-order valence-corrected chi connectivity index (χ0v) is 14.3. The lowest BCUT2D eigenvalue weighted by molar-refractivity contribution is -0.126. The van der Waals surface area contributed by atoms with Crippen LogP contribution in [0.1, 0.15) is 41.2 Å². The van der Waals surface area contributed by atoms with E-state index in [0.717, 1.165) is 18.5 Å². The Morgan fingerprint density at radius 2 is 1.76 bits per heavy atom. The van der Waals surface area contributed by atoms with Crippen molar-refractivity contribution in [3.63, 3.8) is 0 Å². The number of hydrogen-bond donors (Lipinski definition) is 0. The lowest BCUT2D eigenvalue weighted by atomic mass is 9.80. The highest BCUT2D eigenvalue weighted by Crippen LogP contribution is 2.60. The van der Waals surface area contributed by atoms with Crippen molar-refractivity contribution in [3.05, 3.63) is 65.7 Å². The summed E-state index contributed by atoms with van der Waals surface area (Å²) in [6.07, 6.45) is 2.51. The molecule has 25 heavy (non-hydrogen) atoms. The largest absolute Gasteiger partial charge is 0.465 e. The summed E-state index contributed by atoms with van der Waals surface area (Å²) in [5, 5.41) is 0. The molecular weight excluding hydrogens is 314 g/mol. The predicted molar refractivity (Wildman–Crippen MR) is 95.6 cm³/mol. The molecular formula is C21H21NO3. The summed E-state index contributed by atoms with van der Waals surface area (Å²) in [6.45, 7) is 0.706. The molecule has 0 aromatic heterocycles. The highest BCUT2D eigenvalue weighted by molar-refractivity contribution is 5.92. The van der Waals surface area contributed by atoms with E-state index in [0.29, 0.717) is 24.3 Å². The second-order valence-electron chi connectivity index (χ2n) is 6.87. The Balaban J connectivity index is 1.72. The normalized spacial score (nSPS) is 21.2. The van der Waals surface area contributed by atoms with Gasteiger partial charge >= 0.3 is 5.97 Å². The molecule has 2 fully saturated rings. The molecule has 0 amide bonds. The summed E-state index contributed by atoms with van der Waals surface area (Å²) in [4.78, 5) is 26.6. The van der Waals surface area contributed by atoms with Crippen LogP contribution in [-0.4, -0.2) is 25.4 Å². The van der Waals surface area contributed by atoms with E-state index in [4.69, 9.17) is 4.74 Å². The minimum absolute atomic E-state index is 0.0685. The molecule has 1 saturated carbocycles. The van der Waals surface area contributed by atoms with Gasteiger partial charge in [-0.05, 0) is 42.7 Å². The van der Waals surface area contributed by atoms with Gasteiger partial charge in [0.2, 0.25) is 0 Å². The van der Waals surface area contributed by atoms with E-state index >= 15 is 0 Å². The van der Waals surface area contributed by atoms with Crippen molar-refractivity contribution >= 4 is 17.4 Å². The van der Waals surface area contributed by atoms with Gasteiger partial charge in [0.1, 0.15) is 5.78 Å². The number of piperidine rings is 1. The van der Waals surface area contributed by atoms with Crippen LogP contribution in [0.25, 0.3) is 0 Å². The van der Waals surface area contributed by atoms with Gasteiger partial charge in [-0.2, -0.15) is 0 Å². The first-order valence-corrected chi connectivity index (χ1v) is 8.69. The maximum absolute atomic E-state index is 12.6. The molecule has 2 aromatic carbocycles. The van der Waals surface area contributed by atoms with Gasteiger partial charge < -0.3 is 9.64 Å². The fourth-order valence-corrected chi connectivity index (χ4v) is 4.06. The molecule has 4 nitrogen and oxygen atoms in total. The maximum atomic E-state index is 12.6. The SMILES string of the molecule is COC(=O)c1ccc(N2CCC(=O)C3(CC3)C2c2ccccc2)cc1. The standard InChI is InChI=1S/C21H21NO3/c1-25-20(24)16-7-9-17(10-8-16)22-14-11-18(23)21(12-13-21)19(22)15-5-3-2-4-6-15/h2-10,19H,11-14H2,1H3. The average molecular weight is 335 g/mol. The smallest absolute Gasteiger partial charge is 0.337 e. The zero-order chi connectivity index (χ0) is 17.4. The van der Waals surface area contributed by atoms with E-state index in [1.54, 1.807) is 12.1 Å². The molecule has 2 aromatic rings. The molecule has 0 bridgehead atoms. The van der Waals surface area contributed by atoms with Crippen molar-refractivity contribution in [2.75, 3.05) is 18.6 Å². The van der Waals surface area contributed by atoms with Crippen LogP contribution in [-0.2, 0) is 9.53 Å². The van der Waals surface area contributed by atoms with E-state index in [2.05, 4.69) is 17.0 Å². The lowest BCUT2D eigenvalue weighted by Crippen LogP contribution is -2.45. The molecule has 1 aliphatic carbocycles. The number of Topliss-reactive ketones (excluding diaryl/α,β-unsaturated/α-hetero) is 1. The van der Waals surface area contributed by atoms with Crippen LogP contribution in [0.5, 0.6) is 0 Å². The van der Waals surface area contributed by atoms with Gasteiger partial charge in [-0.25, -0.2) is 4.79 Å². The first-order valence-electron chi connectivity index (χ1n) is 8.69. The van der Waals surface area contributed by atoms with E-state index in [-0.39, 0.29) is 17.4 Å². The minimum Gasteiger partial charge on any atom is -0.465 e. The number of benzene rings is 2. The van der Waals surface area contributed by atoms with Crippen molar-refractivity contribution in [2.45, 2.75) is 25.3 Å². The van der Waals surface area contributed by atoms with Gasteiger partial charge in [-0.1, -0.05) is 30.3 Å².